The standard InChI is InChI=1S/C10H15ClN2/c1-12(2)9-6-5-8(11)7-10(9)13(3)4/h5-7H,1-4H3. The lowest BCUT2D eigenvalue weighted by molar-refractivity contribution is 1.08. The second-order valence-electron chi connectivity index (χ2n) is 3.42. The van der Waals surface area contributed by atoms with Crippen molar-refractivity contribution in [3.63, 3.8) is 0 Å². The van der Waals surface area contributed by atoms with Crippen molar-refractivity contribution in [3.8, 4) is 0 Å². The number of nitrogens with zero attached hydrogens (tertiary/aromatic N) is 2. The highest BCUT2D eigenvalue weighted by molar-refractivity contribution is 6.31. The molecule has 0 radical (unpaired) electrons. The van der Waals surface area contributed by atoms with Crippen LogP contribution in [0.5, 0.6) is 0 Å². The van der Waals surface area contributed by atoms with Crippen molar-refractivity contribution in [1.29, 1.82) is 0 Å². The van der Waals surface area contributed by atoms with E-state index in [-0.39, 0.29) is 0 Å². The summed E-state index contributed by atoms with van der Waals surface area (Å²) < 4.78 is 0. The van der Waals surface area contributed by atoms with Crippen molar-refractivity contribution < 1.29 is 0 Å². The molecule has 0 atom stereocenters. The van der Waals surface area contributed by atoms with Crippen LogP contribution in [0.25, 0.3) is 0 Å². The van der Waals surface area contributed by atoms with E-state index in [0.29, 0.717) is 0 Å². The van der Waals surface area contributed by atoms with E-state index in [2.05, 4.69) is 9.80 Å². The van der Waals surface area contributed by atoms with Crippen LogP contribution < -0.4 is 9.80 Å². The Bertz CT molecular complexity index is 295. The summed E-state index contributed by atoms with van der Waals surface area (Å²) in [6.45, 7) is 0. The Hall–Kier alpha value is -0.890. The van der Waals surface area contributed by atoms with Crippen molar-refractivity contribution in [1.82, 2.24) is 0 Å². The molecule has 0 fully saturated rings. The monoisotopic (exact) mass is 198 g/mol. The zero-order valence-electron chi connectivity index (χ0n) is 8.50. The maximum atomic E-state index is 5.92. The van der Waals surface area contributed by atoms with Crippen LogP contribution in [0, 0.1) is 0 Å². The first kappa shape index (κ1) is 10.2. The van der Waals surface area contributed by atoms with Crippen LogP contribution in [-0.2, 0) is 0 Å². The van der Waals surface area contributed by atoms with E-state index in [1.807, 2.05) is 46.4 Å². The van der Waals surface area contributed by atoms with Crippen molar-refractivity contribution in [2.24, 2.45) is 0 Å². The van der Waals surface area contributed by atoms with Gasteiger partial charge in [-0.05, 0) is 18.2 Å². The number of hydrogen-bond acceptors (Lipinski definition) is 2. The highest BCUT2D eigenvalue weighted by atomic mass is 35.5. The third-order valence-electron chi connectivity index (χ3n) is 1.90. The normalized spacial score (nSPS) is 9.92. The predicted molar refractivity (Wildman–Crippen MR) is 60.1 cm³/mol. The van der Waals surface area contributed by atoms with Crippen LogP contribution in [-0.4, -0.2) is 28.2 Å². The second-order valence-corrected chi connectivity index (χ2v) is 3.86. The maximum Gasteiger partial charge on any atom is 0.0613 e. The number of anilines is 2. The van der Waals surface area contributed by atoms with Crippen LogP contribution in [0.1, 0.15) is 0 Å². The zero-order chi connectivity index (χ0) is 10.0. The van der Waals surface area contributed by atoms with Gasteiger partial charge in [-0.25, -0.2) is 0 Å². The summed E-state index contributed by atoms with van der Waals surface area (Å²) in [6.07, 6.45) is 0. The van der Waals surface area contributed by atoms with Gasteiger partial charge in [-0.3, -0.25) is 0 Å². The van der Waals surface area contributed by atoms with Gasteiger partial charge < -0.3 is 9.80 Å². The third-order valence-corrected chi connectivity index (χ3v) is 2.14. The van der Waals surface area contributed by atoms with Crippen LogP contribution >= 0.6 is 11.6 Å². The van der Waals surface area contributed by atoms with Gasteiger partial charge in [0.15, 0.2) is 0 Å². The Morgan fingerprint density at radius 2 is 1.46 bits per heavy atom. The molecule has 0 saturated heterocycles. The summed E-state index contributed by atoms with van der Waals surface area (Å²) in [7, 11) is 8.07. The molecule has 1 aromatic rings. The van der Waals surface area contributed by atoms with E-state index in [1.54, 1.807) is 0 Å². The molecule has 0 aliphatic heterocycles. The molecule has 0 aliphatic rings. The SMILES string of the molecule is CN(C)c1ccc(Cl)cc1N(C)C. The summed E-state index contributed by atoms with van der Waals surface area (Å²) in [5.41, 5.74) is 2.31. The van der Waals surface area contributed by atoms with Gasteiger partial charge in [-0.2, -0.15) is 0 Å². The highest BCUT2D eigenvalue weighted by Crippen LogP contribution is 2.29. The molecule has 0 spiro atoms. The Kier molecular flexibility index (Phi) is 3.04. The van der Waals surface area contributed by atoms with Crippen LogP contribution in [0.3, 0.4) is 0 Å². The molecular weight excluding hydrogens is 184 g/mol. The molecule has 0 N–H and O–H groups in total. The Morgan fingerprint density at radius 1 is 0.923 bits per heavy atom. The first-order valence-corrected chi connectivity index (χ1v) is 4.54. The molecule has 0 saturated carbocycles. The van der Waals surface area contributed by atoms with E-state index in [1.165, 1.54) is 5.69 Å². The van der Waals surface area contributed by atoms with Crippen molar-refractivity contribution in [2.45, 2.75) is 0 Å². The van der Waals surface area contributed by atoms with Crippen molar-refractivity contribution in [3.05, 3.63) is 23.2 Å². The molecule has 13 heavy (non-hydrogen) atoms. The lowest BCUT2D eigenvalue weighted by Crippen LogP contribution is -2.16. The molecule has 0 heterocycles. The summed E-state index contributed by atoms with van der Waals surface area (Å²) in [6, 6.07) is 5.90. The molecule has 1 rings (SSSR count). The van der Waals surface area contributed by atoms with Crippen molar-refractivity contribution >= 4 is 23.0 Å². The number of benzene rings is 1. The molecule has 0 unspecified atom stereocenters. The minimum Gasteiger partial charge on any atom is -0.376 e. The van der Waals surface area contributed by atoms with Gasteiger partial charge in [0.05, 0.1) is 11.4 Å². The molecule has 0 amide bonds. The number of rotatable bonds is 2. The average Bonchev–Trinajstić information content (AvgIpc) is 2.03. The van der Waals surface area contributed by atoms with E-state index >= 15 is 0 Å². The maximum absolute atomic E-state index is 5.92. The topological polar surface area (TPSA) is 6.48 Å². The summed E-state index contributed by atoms with van der Waals surface area (Å²) in [4.78, 5) is 4.13. The summed E-state index contributed by atoms with van der Waals surface area (Å²) in [5.74, 6) is 0. The largest absolute Gasteiger partial charge is 0.376 e. The van der Waals surface area contributed by atoms with E-state index in [0.717, 1.165) is 10.7 Å². The predicted octanol–water partition coefficient (Wildman–Crippen LogP) is 2.47. The lowest BCUT2D eigenvalue weighted by Gasteiger charge is -2.22. The van der Waals surface area contributed by atoms with Crippen LogP contribution in [0.15, 0.2) is 18.2 Å². The molecular formula is C10H15ClN2. The number of hydrogen-bond donors (Lipinski definition) is 0. The van der Waals surface area contributed by atoms with Crippen LogP contribution in [0.2, 0.25) is 5.02 Å². The fourth-order valence-electron chi connectivity index (χ4n) is 1.23. The Labute approximate surface area is 84.7 Å². The van der Waals surface area contributed by atoms with E-state index in [9.17, 15) is 0 Å². The van der Waals surface area contributed by atoms with Gasteiger partial charge in [-0.15, -0.1) is 0 Å². The molecule has 72 valence electrons. The van der Waals surface area contributed by atoms with Gasteiger partial charge in [0.1, 0.15) is 0 Å². The summed E-state index contributed by atoms with van der Waals surface area (Å²) in [5, 5.41) is 0.773. The van der Waals surface area contributed by atoms with Gasteiger partial charge >= 0.3 is 0 Å². The Balaban J connectivity index is 3.19. The Morgan fingerprint density at radius 3 is 1.92 bits per heavy atom. The minimum atomic E-state index is 0.773. The van der Waals surface area contributed by atoms with Gasteiger partial charge in [-0.1, -0.05) is 11.6 Å². The first-order chi connectivity index (χ1) is 6.02. The highest BCUT2D eigenvalue weighted by Gasteiger charge is 2.06. The third kappa shape index (κ3) is 2.28. The van der Waals surface area contributed by atoms with Crippen molar-refractivity contribution in [2.75, 3.05) is 38.0 Å². The molecule has 3 heteroatoms. The van der Waals surface area contributed by atoms with Crippen LogP contribution in [0.4, 0.5) is 11.4 Å². The molecule has 0 aromatic heterocycles. The second kappa shape index (κ2) is 3.88. The molecule has 0 bridgehead atoms. The average molecular weight is 199 g/mol. The minimum absolute atomic E-state index is 0.773. The molecule has 1 aromatic carbocycles. The fraction of sp³-hybridized carbons (Fsp3) is 0.400. The van der Waals surface area contributed by atoms with E-state index in [4.69, 9.17) is 11.6 Å². The van der Waals surface area contributed by atoms with Gasteiger partial charge in [0.2, 0.25) is 0 Å². The fourth-order valence-corrected chi connectivity index (χ4v) is 1.40. The van der Waals surface area contributed by atoms with Gasteiger partial charge in [0.25, 0.3) is 0 Å². The smallest absolute Gasteiger partial charge is 0.0613 e. The summed E-state index contributed by atoms with van der Waals surface area (Å²) >= 11 is 5.92. The quantitative estimate of drug-likeness (QED) is 0.721. The van der Waals surface area contributed by atoms with Gasteiger partial charge in [0, 0.05) is 33.2 Å². The first-order valence-electron chi connectivity index (χ1n) is 4.16. The lowest BCUT2D eigenvalue weighted by atomic mass is 10.2. The zero-order valence-corrected chi connectivity index (χ0v) is 9.26. The number of halogens is 1. The van der Waals surface area contributed by atoms with E-state index < -0.39 is 0 Å². The molecule has 2 nitrogen and oxygen atoms in total. The molecule has 0 aliphatic carbocycles.